The van der Waals surface area contributed by atoms with Crippen molar-refractivity contribution in [2.45, 2.75) is 30.1 Å². The van der Waals surface area contributed by atoms with E-state index >= 15 is 0 Å². The molecular formula is C13H15I. The number of fused-ring (bicyclic) bond motifs is 2. The Kier molecular flexibility index (Phi) is 2.31. The lowest BCUT2D eigenvalue weighted by molar-refractivity contribution is 0.161. The average Bonchev–Trinajstić information content (AvgIpc) is 2.20. The molecule has 3 rings (SSSR count). The molecule has 0 N–H and O–H groups in total. The zero-order valence-corrected chi connectivity index (χ0v) is 10.5. The van der Waals surface area contributed by atoms with Crippen LogP contribution in [-0.4, -0.2) is 0 Å². The van der Waals surface area contributed by atoms with E-state index in [4.69, 9.17) is 0 Å². The Labute approximate surface area is 99.2 Å². The van der Waals surface area contributed by atoms with Gasteiger partial charge in [-0.05, 0) is 54.2 Å². The van der Waals surface area contributed by atoms with Gasteiger partial charge in [0.1, 0.15) is 0 Å². The number of benzene rings is 1. The van der Waals surface area contributed by atoms with Crippen LogP contribution < -0.4 is 0 Å². The molecule has 2 atom stereocenters. The second kappa shape index (κ2) is 3.51. The molecule has 2 aliphatic carbocycles. The Bertz CT molecular complexity index is 356. The van der Waals surface area contributed by atoms with E-state index in [-0.39, 0.29) is 0 Å². The first-order valence-corrected chi connectivity index (χ1v) is 7.06. The highest BCUT2D eigenvalue weighted by molar-refractivity contribution is 14.1. The van der Waals surface area contributed by atoms with Crippen LogP contribution in [0.5, 0.6) is 0 Å². The van der Waals surface area contributed by atoms with Crippen LogP contribution >= 0.6 is 22.6 Å². The fourth-order valence-electron chi connectivity index (χ4n) is 2.89. The molecule has 74 valence electrons. The zero-order valence-electron chi connectivity index (χ0n) is 8.30. The van der Waals surface area contributed by atoms with E-state index in [1.807, 2.05) is 0 Å². The molecule has 0 aromatic heterocycles. The summed E-state index contributed by atoms with van der Waals surface area (Å²) < 4.78 is 1.15. The molecule has 0 saturated heterocycles. The molecule has 0 spiro atoms. The Morgan fingerprint density at radius 3 is 2.43 bits per heavy atom. The van der Waals surface area contributed by atoms with Gasteiger partial charge in [-0.15, -0.1) is 0 Å². The summed E-state index contributed by atoms with van der Waals surface area (Å²) in [7, 11) is 0. The van der Waals surface area contributed by atoms with Gasteiger partial charge in [-0.1, -0.05) is 40.8 Å². The monoisotopic (exact) mass is 298 g/mol. The first kappa shape index (κ1) is 9.20. The zero-order chi connectivity index (χ0) is 9.54. The van der Waals surface area contributed by atoms with Crippen molar-refractivity contribution in [1.82, 2.24) is 0 Å². The lowest BCUT2D eigenvalue weighted by Crippen LogP contribution is -2.33. The minimum absolute atomic E-state index is 1.03. The van der Waals surface area contributed by atoms with E-state index in [2.05, 4.69) is 40.8 Å². The van der Waals surface area contributed by atoms with E-state index in [0.717, 1.165) is 16.3 Å². The minimum atomic E-state index is 1.03. The second-order valence-corrected chi connectivity index (χ2v) is 5.51. The summed E-state index contributed by atoms with van der Waals surface area (Å²) in [5, 5.41) is 0. The standard InChI is InChI=1S/C13H15I/c14-8-9-1-2-12-6-10-3-4-11(10)7-13(12)5-9/h1-2,5,10-11H,3-4,6-8H2. The topological polar surface area (TPSA) is 0 Å². The van der Waals surface area contributed by atoms with Crippen molar-refractivity contribution in [2.24, 2.45) is 11.8 Å². The van der Waals surface area contributed by atoms with Crippen molar-refractivity contribution < 1.29 is 0 Å². The van der Waals surface area contributed by atoms with Crippen molar-refractivity contribution >= 4 is 22.6 Å². The Hall–Kier alpha value is -0.0500. The molecule has 0 bridgehead atoms. The summed E-state index contributed by atoms with van der Waals surface area (Å²) in [5.41, 5.74) is 4.79. The molecule has 1 aromatic carbocycles. The van der Waals surface area contributed by atoms with Crippen LogP contribution in [0.15, 0.2) is 18.2 Å². The van der Waals surface area contributed by atoms with Gasteiger partial charge in [-0.3, -0.25) is 0 Å². The van der Waals surface area contributed by atoms with Crippen LogP contribution in [0, 0.1) is 11.8 Å². The largest absolute Gasteiger partial charge is 0.0812 e. The van der Waals surface area contributed by atoms with Gasteiger partial charge in [0, 0.05) is 4.43 Å². The molecule has 0 heterocycles. The third kappa shape index (κ3) is 1.40. The normalized spacial score (nSPS) is 28.9. The van der Waals surface area contributed by atoms with Crippen molar-refractivity contribution in [3.05, 3.63) is 34.9 Å². The van der Waals surface area contributed by atoms with Crippen molar-refractivity contribution in [1.29, 1.82) is 0 Å². The van der Waals surface area contributed by atoms with Crippen molar-refractivity contribution in [3.63, 3.8) is 0 Å². The first-order chi connectivity index (χ1) is 6.86. The highest BCUT2D eigenvalue weighted by atomic mass is 127. The molecule has 1 aromatic rings. The molecule has 0 aliphatic heterocycles. The first-order valence-electron chi connectivity index (χ1n) is 5.53. The van der Waals surface area contributed by atoms with Gasteiger partial charge < -0.3 is 0 Å². The number of hydrogen-bond acceptors (Lipinski definition) is 0. The maximum absolute atomic E-state index is 2.45. The molecule has 14 heavy (non-hydrogen) atoms. The van der Waals surface area contributed by atoms with Gasteiger partial charge >= 0.3 is 0 Å². The molecule has 2 aliphatic rings. The smallest absolute Gasteiger partial charge is 0.0247 e. The number of halogens is 1. The summed E-state index contributed by atoms with van der Waals surface area (Å²) in [6, 6.07) is 7.12. The maximum Gasteiger partial charge on any atom is 0.0247 e. The maximum atomic E-state index is 2.45. The van der Waals surface area contributed by atoms with Gasteiger partial charge in [-0.2, -0.15) is 0 Å². The van der Waals surface area contributed by atoms with Crippen LogP contribution in [-0.2, 0) is 17.3 Å². The quantitative estimate of drug-likeness (QED) is 0.547. The van der Waals surface area contributed by atoms with Crippen LogP contribution in [0.4, 0.5) is 0 Å². The summed E-state index contributed by atoms with van der Waals surface area (Å²) in [6.45, 7) is 0. The summed E-state index contributed by atoms with van der Waals surface area (Å²) >= 11 is 2.45. The molecule has 2 unspecified atom stereocenters. The molecule has 0 radical (unpaired) electrons. The van der Waals surface area contributed by atoms with Crippen LogP contribution in [0.3, 0.4) is 0 Å². The predicted molar refractivity (Wildman–Crippen MR) is 67.8 cm³/mol. The minimum Gasteiger partial charge on any atom is -0.0812 e. The van der Waals surface area contributed by atoms with Crippen LogP contribution in [0.1, 0.15) is 29.5 Å². The number of alkyl halides is 1. The van der Waals surface area contributed by atoms with Gasteiger partial charge in [0.2, 0.25) is 0 Å². The number of rotatable bonds is 1. The summed E-state index contributed by atoms with van der Waals surface area (Å²) in [4.78, 5) is 0. The summed E-state index contributed by atoms with van der Waals surface area (Å²) in [5.74, 6) is 2.07. The molecule has 1 heteroatoms. The van der Waals surface area contributed by atoms with E-state index in [9.17, 15) is 0 Å². The Morgan fingerprint density at radius 1 is 1.07 bits per heavy atom. The van der Waals surface area contributed by atoms with Gasteiger partial charge in [0.25, 0.3) is 0 Å². The van der Waals surface area contributed by atoms with Gasteiger partial charge in [0.15, 0.2) is 0 Å². The van der Waals surface area contributed by atoms with E-state index in [1.54, 1.807) is 11.1 Å². The van der Waals surface area contributed by atoms with Crippen LogP contribution in [0.25, 0.3) is 0 Å². The fourth-order valence-corrected chi connectivity index (χ4v) is 3.37. The van der Waals surface area contributed by atoms with Crippen molar-refractivity contribution in [2.75, 3.05) is 0 Å². The van der Waals surface area contributed by atoms with Gasteiger partial charge in [-0.25, -0.2) is 0 Å². The van der Waals surface area contributed by atoms with Gasteiger partial charge in [0.05, 0.1) is 0 Å². The van der Waals surface area contributed by atoms with E-state index in [1.165, 1.54) is 31.2 Å². The Morgan fingerprint density at radius 2 is 1.79 bits per heavy atom. The van der Waals surface area contributed by atoms with Crippen molar-refractivity contribution in [3.8, 4) is 0 Å². The molecule has 1 fully saturated rings. The SMILES string of the molecule is ICc1ccc2c(c1)CC1CCC1C2. The Balaban J connectivity index is 1.95. The van der Waals surface area contributed by atoms with Crippen LogP contribution in [0.2, 0.25) is 0 Å². The third-order valence-electron chi connectivity index (χ3n) is 3.96. The lowest BCUT2D eigenvalue weighted by Gasteiger charge is -2.41. The third-order valence-corrected chi connectivity index (χ3v) is 4.84. The predicted octanol–water partition coefficient (Wildman–Crippen LogP) is 3.75. The highest BCUT2D eigenvalue weighted by Gasteiger charge is 2.34. The number of hydrogen-bond donors (Lipinski definition) is 0. The van der Waals surface area contributed by atoms with E-state index in [0.29, 0.717) is 0 Å². The molecular weight excluding hydrogens is 283 g/mol. The second-order valence-electron chi connectivity index (χ2n) is 4.74. The average molecular weight is 298 g/mol. The summed E-state index contributed by atoms with van der Waals surface area (Å²) in [6.07, 6.45) is 5.70. The molecule has 0 nitrogen and oxygen atoms in total. The molecule has 1 saturated carbocycles. The molecule has 0 amide bonds. The highest BCUT2D eigenvalue weighted by Crippen LogP contribution is 2.43. The fraction of sp³-hybridized carbons (Fsp3) is 0.538. The van der Waals surface area contributed by atoms with E-state index < -0.39 is 0 Å². The lowest BCUT2D eigenvalue weighted by atomic mass is 9.64.